The Morgan fingerprint density at radius 2 is 1.52 bits per heavy atom. The Morgan fingerprint density at radius 1 is 0.931 bits per heavy atom. The minimum absolute atomic E-state index is 0.0634. The van der Waals surface area contributed by atoms with Gasteiger partial charge in [-0.2, -0.15) is 0 Å². The predicted molar refractivity (Wildman–Crippen MR) is 112 cm³/mol. The summed E-state index contributed by atoms with van der Waals surface area (Å²) in [6.45, 7) is 2.99. The maximum atomic E-state index is 12.8. The van der Waals surface area contributed by atoms with E-state index in [0.29, 0.717) is 25.2 Å². The van der Waals surface area contributed by atoms with Gasteiger partial charge in [-0.15, -0.1) is 0 Å². The van der Waals surface area contributed by atoms with Crippen molar-refractivity contribution in [2.45, 2.75) is 45.6 Å². The molecule has 2 fully saturated rings. The van der Waals surface area contributed by atoms with E-state index in [-0.39, 0.29) is 23.6 Å². The number of rotatable bonds is 7. The van der Waals surface area contributed by atoms with E-state index < -0.39 is 0 Å². The van der Waals surface area contributed by atoms with Crippen molar-refractivity contribution in [1.29, 1.82) is 0 Å². The standard InChI is InChI=1S/C23H33N3O3/c1-16(27)24-15-17-4-6-18(7-5-17)22(28)25(2)12-13-26(3)23(29)19-8-10-20-14-21(20)11-9-19/h4-7,19-21H,8-15H2,1-3H3,(H,24,27)/t19?,20-,21+. The van der Waals surface area contributed by atoms with Gasteiger partial charge in [0.15, 0.2) is 0 Å². The van der Waals surface area contributed by atoms with Gasteiger partial charge in [-0.1, -0.05) is 12.1 Å². The van der Waals surface area contributed by atoms with Crippen molar-refractivity contribution in [2.24, 2.45) is 17.8 Å². The number of hydrogen-bond donors (Lipinski definition) is 1. The first kappa shape index (κ1) is 21.3. The first-order valence-electron chi connectivity index (χ1n) is 10.7. The van der Waals surface area contributed by atoms with Crippen LogP contribution in [0.2, 0.25) is 0 Å². The lowest BCUT2D eigenvalue weighted by Crippen LogP contribution is -2.39. The van der Waals surface area contributed by atoms with E-state index in [1.165, 1.54) is 26.2 Å². The van der Waals surface area contributed by atoms with Gasteiger partial charge in [-0.3, -0.25) is 14.4 Å². The van der Waals surface area contributed by atoms with Crippen LogP contribution < -0.4 is 5.32 Å². The van der Waals surface area contributed by atoms with Gasteiger partial charge in [0.1, 0.15) is 0 Å². The normalized spacial score (nSPS) is 22.8. The molecule has 2 aliphatic carbocycles. The number of carbonyl (C=O) groups is 3. The second-order valence-corrected chi connectivity index (χ2v) is 8.70. The summed E-state index contributed by atoms with van der Waals surface area (Å²) in [7, 11) is 3.62. The number of amides is 3. The first-order valence-corrected chi connectivity index (χ1v) is 10.7. The van der Waals surface area contributed by atoms with Crippen LogP contribution in [-0.2, 0) is 16.1 Å². The molecule has 29 heavy (non-hydrogen) atoms. The lowest BCUT2D eigenvalue weighted by atomic mass is 9.97. The van der Waals surface area contributed by atoms with Crippen LogP contribution in [0.15, 0.2) is 24.3 Å². The number of likely N-dealkylation sites (N-methyl/N-ethyl adjacent to an activating group) is 2. The first-order chi connectivity index (χ1) is 13.8. The molecule has 1 N–H and O–H groups in total. The van der Waals surface area contributed by atoms with Crippen LogP contribution >= 0.6 is 0 Å². The number of hydrogen-bond acceptors (Lipinski definition) is 3. The van der Waals surface area contributed by atoms with E-state index in [4.69, 9.17) is 0 Å². The maximum absolute atomic E-state index is 12.8. The van der Waals surface area contributed by atoms with Crippen LogP contribution in [0.1, 0.15) is 54.9 Å². The molecule has 0 aromatic heterocycles. The summed E-state index contributed by atoms with van der Waals surface area (Å²) in [5, 5.41) is 2.74. The zero-order chi connectivity index (χ0) is 21.0. The number of fused-ring (bicyclic) bond motifs is 1. The fourth-order valence-electron chi connectivity index (χ4n) is 4.27. The lowest BCUT2D eigenvalue weighted by Gasteiger charge is -2.26. The molecule has 3 atom stereocenters. The molecule has 1 unspecified atom stereocenters. The molecule has 6 nitrogen and oxygen atoms in total. The third-order valence-corrected chi connectivity index (χ3v) is 6.43. The summed E-state index contributed by atoms with van der Waals surface area (Å²) in [4.78, 5) is 39.9. The van der Waals surface area contributed by atoms with Gasteiger partial charge in [-0.25, -0.2) is 0 Å². The van der Waals surface area contributed by atoms with Crippen molar-refractivity contribution in [3.63, 3.8) is 0 Å². The quantitative estimate of drug-likeness (QED) is 0.766. The number of nitrogens with one attached hydrogen (secondary N) is 1. The molecule has 3 rings (SSSR count). The Labute approximate surface area is 173 Å². The summed E-state index contributed by atoms with van der Waals surface area (Å²) in [5.74, 6) is 2.01. The highest BCUT2D eigenvalue weighted by Gasteiger charge is 2.40. The van der Waals surface area contributed by atoms with Gasteiger partial charge in [0.05, 0.1) is 0 Å². The smallest absolute Gasteiger partial charge is 0.253 e. The minimum Gasteiger partial charge on any atom is -0.352 e. The molecule has 0 heterocycles. The number of benzene rings is 1. The molecule has 3 amide bonds. The summed E-state index contributed by atoms with van der Waals surface area (Å²) < 4.78 is 0. The summed E-state index contributed by atoms with van der Waals surface area (Å²) in [6.07, 6.45) is 5.81. The SMILES string of the molecule is CC(=O)NCc1ccc(C(=O)N(C)CCN(C)C(=O)C2CC[C@@H]3C[C@@H]3CC2)cc1. The molecular weight excluding hydrogens is 366 g/mol. The van der Waals surface area contributed by atoms with E-state index in [1.54, 1.807) is 29.0 Å². The van der Waals surface area contributed by atoms with Gasteiger partial charge < -0.3 is 15.1 Å². The molecule has 158 valence electrons. The molecule has 1 aromatic rings. The van der Waals surface area contributed by atoms with Gasteiger partial charge in [0, 0.05) is 52.1 Å². The Kier molecular flexibility index (Phi) is 6.93. The third-order valence-electron chi connectivity index (χ3n) is 6.43. The van der Waals surface area contributed by atoms with Crippen LogP contribution in [0.4, 0.5) is 0 Å². The predicted octanol–water partition coefficient (Wildman–Crippen LogP) is 2.68. The lowest BCUT2D eigenvalue weighted by molar-refractivity contribution is -0.134. The van der Waals surface area contributed by atoms with Gasteiger partial charge in [-0.05, 0) is 61.6 Å². The van der Waals surface area contributed by atoms with E-state index in [2.05, 4.69) is 5.32 Å². The van der Waals surface area contributed by atoms with Gasteiger partial charge in [0.2, 0.25) is 11.8 Å². The van der Waals surface area contributed by atoms with Crippen molar-refractivity contribution in [3.05, 3.63) is 35.4 Å². The molecule has 6 heteroatoms. The van der Waals surface area contributed by atoms with Crippen molar-refractivity contribution in [3.8, 4) is 0 Å². The molecule has 0 bridgehead atoms. The summed E-state index contributed by atoms with van der Waals surface area (Å²) in [5.41, 5.74) is 1.56. The van der Waals surface area contributed by atoms with Crippen LogP contribution in [0, 0.1) is 17.8 Å². The topological polar surface area (TPSA) is 69.7 Å². The summed E-state index contributed by atoms with van der Waals surface area (Å²) >= 11 is 0. The van der Waals surface area contributed by atoms with Crippen LogP contribution in [0.5, 0.6) is 0 Å². The highest BCUT2D eigenvalue weighted by Crippen LogP contribution is 2.49. The molecule has 0 spiro atoms. The van der Waals surface area contributed by atoms with E-state index in [1.807, 2.05) is 19.2 Å². The number of nitrogens with zero attached hydrogens (tertiary/aromatic N) is 2. The molecule has 2 aliphatic rings. The van der Waals surface area contributed by atoms with Crippen molar-refractivity contribution in [2.75, 3.05) is 27.2 Å². The largest absolute Gasteiger partial charge is 0.352 e. The Bertz CT molecular complexity index is 734. The van der Waals surface area contributed by atoms with Crippen molar-refractivity contribution in [1.82, 2.24) is 15.1 Å². The molecule has 2 saturated carbocycles. The zero-order valence-electron chi connectivity index (χ0n) is 17.8. The zero-order valence-corrected chi connectivity index (χ0v) is 17.8. The minimum atomic E-state index is -0.0794. The average molecular weight is 400 g/mol. The summed E-state index contributed by atoms with van der Waals surface area (Å²) in [6, 6.07) is 7.26. The highest BCUT2D eigenvalue weighted by molar-refractivity contribution is 5.94. The van der Waals surface area contributed by atoms with Crippen molar-refractivity contribution >= 4 is 17.7 Å². The fourth-order valence-corrected chi connectivity index (χ4v) is 4.27. The van der Waals surface area contributed by atoms with E-state index in [9.17, 15) is 14.4 Å². The highest BCUT2D eigenvalue weighted by atomic mass is 16.2. The molecule has 0 aliphatic heterocycles. The van der Waals surface area contributed by atoms with E-state index in [0.717, 1.165) is 30.2 Å². The Hall–Kier alpha value is -2.37. The monoisotopic (exact) mass is 399 g/mol. The average Bonchev–Trinajstić information content (AvgIpc) is 3.49. The van der Waals surface area contributed by atoms with E-state index >= 15 is 0 Å². The second kappa shape index (κ2) is 9.42. The second-order valence-electron chi connectivity index (χ2n) is 8.70. The van der Waals surface area contributed by atoms with Crippen LogP contribution in [-0.4, -0.2) is 54.7 Å². The maximum Gasteiger partial charge on any atom is 0.253 e. The fraction of sp³-hybridized carbons (Fsp3) is 0.609. The van der Waals surface area contributed by atoms with Gasteiger partial charge >= 0.3 is 0 Å². The Morgan fingerprint density at radius 3 is 2.10 bits per heavy atom. The molecular formula is C23H33N3O3. The van der Waals surface area contributed by atoms with Gasteiger partial charge in [0.25, 0.3) is 5.91 Å². The molecule has 0 radical (unpaired) electrons. The number of carbonyl (C=O) groups excluding carboxylic acids is 3. The third kappa shape index (κ3) is 5.81. The molecule has 1 aromatic carbocycles. The van der Waals surface area contributed by atoms with Crippen LogP contribution in [0.3, 0.4) is 0 Å². The van der Waals surface area contributed by atoms with Crippen molar-refractivity contribution < 1.29 is 14.4 Å². The van der Waals surface area contributed by atoms with Crippen LogP contribution in [0.25, 0.3) is 0 Å². The molecule has 0 saturated heterocycles. The Balaban J connectivity index is 1.45.